The molecule has 0 unspecified atom stereocenters. The molecule has 1 aromatic rings. The number of allylic oxidation sites excluding steroid dienone is 2. The van der Waals surface area contributed by atoms with Gasteiger partial charge in [-0.1, -0.05) is 11.6 Å². The van der Waals surface area contributed by atoms with E-state index in [1.807, 2.05) is 19.9 Å². The maximum atomic E-state index is 11.6. The van der Waals surface area contributed by atoms with Crippen LogP contribution >= 0.6 is 11.6 Å². The Morgan fingerprint density at radius 3 is 2.62 bits per heavy atom. The highest BCUT2D eigenvalue weighted by Gasteiger charge is 2.26. The summed E-state index contributed by atoms with van der Waals surface area (Å²) < 4.78 is 0. The molecule has 2 rings (SSSR count). The zero-order valence-corrected chi connectivity index (χ0v) is 8.14. The van der Waals surface area contributed by atoms with E-state index < -0.39 is 0 Å². The standard InChI is InChI=1S/C10H8ClNO/c1-5-6(2)9(13)8-7(5)3-4-12-10(8)11/h3-4H,1-2H3. The van der Waals surface area contributed by atoms with Gasteiger partial charge in [0.25, 0.3) is 0 Å². The predicted octanol–water partition coefficient (Wildman–Crippen LogP) is 2.72. The molecule has 0 saturated carbocycles. The van der Waals surface area contributed by atoms with Gasteiger partial charge in [0, 0.05) is 11.8 Å². The third-order valence-corrected chi connectivity index (χ3v) is 2.73. The monoisotopic (exact) mass is 193 g/mol. The molecular formula is C10H8ClNO. The number of nitrogens with zero attached hydrogens (tertiary/aromatic N) is 1. The Morgan fingerprint density at radius 2 is 2.00 bits per heavy atom. The Labute approximate surface area is 81.2 Å². The van der Waals surface area contributed by atoms with Crippen LogP contribution in [-0.4, -0.2) is 10.8 Å². The van der Waals surface area contributed by atoms with Crippen LogP contribution in [0.25, 0.3) is 5.57 Å². The van der Waals surface area contributed by atoms with Crippen LogP contribution in [0.5, 0.6) is 0 Å². The molecule has 3 heteroatoms. The Hall–Kier alpha value is -1.15. The molecule has 13 heavy (non-hydrogen) atoms. The molecule has 1 aliphatic carbocycles. The quantitative estimate of drug-likeness (QED) is 0.593. The van der Waals surface area contributed by atoms with Crippen LogP contribution in [-0.2, 0) is 0 Å². The van der Waals surface area contributed by atoms with Crippen LogP contribution in [0.15, 0.2) is 17.8 Å². The van der Waals surface area contributed by atoms with Crippen molar-refractivity contribution in [2.24, 2.45) is 0 Å². The molecule has 1 heterocycles. The molecule has 0 bridgehead atoms. The van der Waals surface area contributed by atoms with E-state index in [0.29, 0.717) is 10.7 Å². The van der Waals surface area contributed by atoms with Crippen molar-refractivity contribution in [1.82, 2.24) is 4.98 Å². The number of hydrogen-bond donors (Lipinski definition) is 0. The maximum Gasteiger partial charge on any atom is 0.192 e. The average molecular weight is 194 g/mol. The minimum Gasteiger partial charge on any atom is -0.289 e. The predicted molar refractivity (Wildman–Crippen MR) is 51.8 cm³/mol. The molecule has 0 radical (unpaired) electrons. The Bertz CT molecular complexity index is 435. The Morgan fingerprint density at radius 1 is 1.31 bits per heavy atom. The van der Waals surface area contributed by atoms with Crippen molar-refractivity contribution >= 4 is 23.0 Å². The summed E-state index contributed by atoms with van der Waals surface area (Å²) in [4.78, 5) is 15.5. The summed E-state index contributed by atoms with van der Waals surface area (Å²) in [6, 6.07) is 1.82. The molecule has 0 atom stereocenters. The fourth-order valence-corrected chi connectivity index (χ4v) is 1.77. The first-order valence-electron chi connectivity index (χ1n) is 4.00. The van der Waals surface area contributed by atoms with E-state index in [9.17, 15) is 4.79 Å². The van der Waals surface area contributed by atoms with Crippen molar-refractivity contribution in [2.75, 3.05) is 0 Å². The van der Waals surface area contributed by atoms with Gasteiger partial charge in [0.15, 0.2) is 5.78 Å². The van der Waals surface area contributed by atoms with Gasteiger partial charge in [0.1, 0.15) is 5.15 Å². The fourth-order valence-electron chi connectivity index (χ4n) is 1.52. The number of aromatic nitrogens is 1. The lowest BCUT2D eigenvalue weighted by Crippen LogP contribution is -1.97. The first-order valence-corrected chi connectivity index (χ1v) is 4.37. The van der Waals surface area contributed by atoms with Crippen LogP contribution < -0.4 is 0 Å². The second-order valence-electron chi connectivity index (χ2n) is 3.10. The van der Waals surface area contributed by atoms with Gasteiger partial charge in [0.05, 0.1) is 5.56 Å². The van der Waals surface area contributed by atoms with Crippen LogP contribution in [0.3, 0.4) is 0 Å². The van der Waals surface area contributed by atoms with E-state index in [4.69, 9.17) is 11.6 Å². The lowest BCUT2D eigenvalue weighted by atomic mass is 10.1. The van der Waals surface area contributed by atoms with Crippen molar-refractivity contribution in [1.29, 1.82) is 0 Å². The first-order chi connectivity index (χ1) is 6.13. The zero-order valence-electron chi connectivity index (χ0n) is 7.39. The van der Waals surface area contributed by atoms with Gasteiger partial charge in [-0.05, 0) is 31.1 Å². The van der Waals surface area contributed by atoms with Gasteiger partial charge in [-0.3, -0.25) is 4.79 Å². The van der Waals surface area contributed by atoms with Gasteiger partial charge in [-0.25, -0.2) is 4.98 Å². The lowest BCUT2D eigenvalue weighted by molar-refractivity contribution is 0.103. The third-order valence-electron chi connectivity index (χ3n) is 2.44. The Balaban J connectivity index is 2.78. The van der Waals surface area contributed by atoms with Crippen LogP contribution in [0, 0.1) is 0 Å². The third kappa shape index (κ3) is 1.02. The fraction of sp³-hybridized carbons (Fsp3) is 0.200. The molecule has 2 nitrogen and oxygen atoms in total. The highest BCUT2D eigenvalue weighted by molar-refractivity contribution is 6.36. The molecule has 0 fully saturated rings. The molecule has 0 saturated heterocycles. The number of fused-ring (bicyclic) bond motifs is 1. The van der Waals surface area contributed by atoms with Crippen molar-refractivity contribution in [3.8, 4) is 0 Å². The summed E-state index contributed by atoms with van der Waals surface area (Å²) in [5.74, 6) is 0.00519. The van der Waals surface area contributed by atoms with E-state index in [2.05, 4.69) is 4.98 Å². The SMILES string of the molecule is CC1=C(C)c2ccnc(Cl)c2C1=O. The second-order valence-corrected chi connectivity index (χ2v) is 3.46. The summed E-state index contributed by atoms with van der Waals surface area (Å²) in [5.41, 5.74) is 3.25. The smallest absolute Gasteiger partial charge is 0.192 e. The molecule has 0 N–H and O–H groups in total. The minimum atomic E-state index is 0.00519. The van der Waals surface area contributed by atoms with Crippen LogP contribution in [0.1, 0.15) is 29.8 Å². The number of hydrogen-bond acceptors (Lipinski definition) is 2. The van der Waals surface area contributed by atoms with E-state index in [1.54, 1.807) is 6.20 Å². The van der Waals surface area contributed by atoms with Crippen molar-refractivity contribution in [3.63, 3.8) is 0 Å². The van der Waals surface area contributed by atoms with Gasteiger partial charge in [0.2, 0.25) is 0 Å². The second kappa shape index (κ2) is 2.67. The molecule has 1 aromatic heterocycles. The number of Topliss-reactive ketones (excluding diaryl/α,β-unsaturated/α-hetero) is 1. The molecule has 0 aliphatic heterocycles. The van der Waals surface area contributed by atoms with Crippen LogP contribution in [0.2, 0.25) is 5.15 Å². The number of halogens is 1. The van der Waals surface area contributed by atoms with Gasteiger partial charge >= 0.3 is 0 Å². The molecule has 0 aromatic carbocycles. The number of rotatable bonds is 0. The summed E-state index contributed by atoms with van der Waals surface area (Å²) in [6.07, 6.45) is 1.62. The van der Waals surface area contributed by atoms with Gasteiger partial charge < -0.3 is 0 Å². The maximum absolute atomic E-state index is 11.6. The summed E-state index contributed by atoms with van der Waals surface area (Å²) in [5, 5.41) is 0.304. The summed E-state index contributed by atoms with van der Waals surface area (Å²) in [7, 11) is 0. The van der Waals surface area contributed by atoms with Crippen molar-refractivity contribution in [3.05, 3.63) is 34.1 Å². The summed E-state index contributed by atoms with van der Waals surface area (Å²) >= 11 is 5.84. The summed E-state index contributed by atoms with van der Waals surface area (Å²) in [6.45, 7) is 3.74. The minimum absolute atomic E-state index is 0.00519. The highest BCUT2D eigenvalue weighted by Crippen LogP contribution is 2.34. The largest absolute Gasteiger partial charge is 0.289 e. The van der Waals surface area contributed by atoms with E-state index in [0.717, 1.165) is 16.7 Å². The first kappa shape index (κ1) is 8.45. The number of carbonyl (C=O) groups excluding carboxylic acids is 1. The van der Waals surface area contributed by atoms with Gasteiger partial charge in [-0.15, -0.1) is 0 Å². The molecule has 0 spiro atoms. The van der Waals surface area contributed by atoms with E-state index >= 15 is 0 Å². The molecule has 0 amide bonds. The normalized spacial score (nSPS) is 15.2. The zero-order chi connectivity index (χ0) is 9.59. The van der Waals surface area contributed by atoms with E-state index in [1.165, 1.54) is 0 Å². The van der Waals surface area contributed by atoms with Crippen molar-refractivity contribution < 1.29 is 4.79 Å². The highest BCUT2D eigenvalue weighted by atomic mass is 35.5. The Kier molecular flexibility index (Phi) is 1.74. The van der Waals surface area contributed by atoms with E-state index in [-0.39, 0.29) is 5.78 Å². The number of carbonyl (C=O) groups is 1. The van der Waals surface area contributed by atoms with Crippen molar-refractivity contribution in [2.45, 2.75) is 13.8 Å². The molecule has 66 valence electrons. The number of pyridine rings is 1. The van der Waals surface area contributed by atoms with Crippen LogP contribution in [0.4, 0.5) is 0 Å². The molecule has 1 aliphatic rings. The number of ketones is 1. The molecular weight excluding hydrogens is 186 g/mol. The lowest BCUT2D eigenvalue weighted by Gasteiger charge is -1.99. The topological polar surface area (TPSA) is 30.0 Å². The van der Waals surface area contributed by atoms with Gasteiger partial charge in [-0.2, -0.15) is 0 Å². The average Bonchev–Trinajstić information content (AvgIpc) is 2.33.